The van der Waals surface area contributed by atoms with Gasteiger partial charge in [0.15, 0.2) is 0 Å². The molecule has 0 amide bonds. The monoisotopic (exact) mass is 168 g/mol. The molecule has 2 nitrogen and oxygen atoms in total. The highest BCUT2D eigenvalue weighted by Gasteiger charge is 2.26. The first-order valence-corrected chi connectivity index (χ1v) is 5.03. The van der Waals surface area contributed by atoms with Crippen LogP contribution < -0.4 is 0 Å². The standard InChI is InChI=1S/C6H14FO2P/c1-4-5-9-10(7,8)6(2)3/h6H,4-5H2,1-3H3. The molecule has 0 bridgehead atoms. The van der Waals surface area contributed by atoms with Gasteiger partial charge in [0, 0.05) is 0 Å². The second-order valence-corrected chi connectivity index (χ2v) is 4.78. The SMILES string of the molecule is CCCOP(=O)(F)C(C)C. The van der Waals surface area contributed by atoms with E-state index in [4.69, 9.17) is 0 Å². The lowest BCUT2D eigenvalue weighted by Gasteiger charge is -2.11. The molecule has 0 aliphatic heterocycles. The Morgan fingerprint density at radius 3 is 2.40 bits per heavy atom. The molecule has 0 aromatic carbocycles. The first-order valence-electron chi connectivity index (χ1n) is 3.44. The van der Waals surface area contributed by atoms with Crippen molar-refractivity contribution in [3.63, 3.8) is 0 Å². The molecule has 0 saturated heterocycles. The summed E-state index contributed by atoms with van der Waals surface area (Å²) in [5.74, 6) is 0. The van der Waals surface area contributed by atoms with E-state index in [1.165, 1.54) is 0 Å². The van der Waals surface area contributed by atoms with Gasteiger partial charge in [-0.1, -0.05) is 20.8 Å². The molecule has 0 aromatic rings. The molecule has 0 heterocycles. The average molecular weight is 168 g/mol. The minimum atomic E-state index is -3.78. The predicted octanol–water partition coefficient (Wildman–Crippen LogP) is 2.98. The number of hydrogen-bond donors (Lipinski definition) is 0. The van der Waals surface area contributed by atoms with Crippen LogP contribution in [0.2, 0.25) is 0 Å². The summed E-state index contributed by atoms with van der Waals surface area (Å²) >= 11 is 0. The highest BCUT2D eigenvalue weighted by molar-refractivity contribution is 7.54. The van der Waals surface area contributed by atoms with E-state index in [2.05, 4.69) is 4.52 Å². The number of halogens is 1. The Balaban J connectivity index is 3.76. The van der Waals surface area contributed by atoms with Crippen LogP contribution in [0.3, 0.4) is 0 Å². The van der Waals surface area contributed by atoms with Crippen LogP contribution in [0.4, 0.5) is 4.20 Å². The summed E-state index contributed by atoms with van der Waals surface area (Å²) in [6.07, 6.45) is 0.695. The molecule has 0 aliphatic carbocycles. The molecular formula is C6H14FO2P. The van der Waals surface area contributed by atoms with Gasteiger partial charge in [-0.15, -0.1) is 0 Å². The van der Waals surface area contributed by atoms with Crippen molar-refractivity contribution in [2.24, 2.45) is 0 Å². The molecule has 0 rings (SSSR count). The lowest BCUT2D eigenvalue weighted by atomic mass is 10.5. The maximum Gasteiger partial charge on any atom is 0.369 e. The Morgan fingerprint density at radius 1 is 1.60 bits per heavy atom. The molecule has 0 fully saturated rings. The van der Waals surface area contributed by atoms with E-state index in [1.54, 1.807) is 13.8 Å². The van der Waals surface area contributed by atoms with Gasteiger partial charge in [0.2, 0.25) is 0 Å². The number of rotatable bonds is 4. The van der Waals surface area contributed by atoms with Crippen LogP contribution in [-0.4, -0.2) is 12.3 Å². The van der Waals surface area contributed by atoms with Gasteiger partial charge in [-0.3, -0.25) is 4.57 Å². The zero-order valence-corrected chi connectivity index (χ0v) is 7.53. The Labute approximate surface area is 61.3 Å². The normalized spacial score (nSPS) is 17.3. The summed E-state index contributed by atoms with van der Waals surface area (Å²) in [6, 6.07) is 0. The van der Waals surface area contributed by atoms with E-state index in [9.17, 15) is 8.76 Å². The molecule has 10 heavy (non-hydrogen) atoms. The second kappa shape index (κ2) is 4.09. The largest absolute Gasteiger partial charge is 0.369 e. The summed E-state index contributed by atoms with van der Waals surface area (Å²) in [4.78, 5) is 0. The van der Waals surface area contributed by atoms with E-state index in [1.807, 2.05) is 6.92 Å². The van der Waals surface area contributed by atoms with Gasteiger partial charge in [0.05, 0.1) is 12.3 Å². The van der Waals surface area contributed by atoms with E-state index >= 15 is 0 Å². The van der Waals surface area contributed by atoms with Crippen molar-refractivity contribution in [1.29, 1.82) is 0 Å². The maximum absolute atomic E-state index is 12.7. The molecule has 0 saturated carbocycles. The fourth-order valence-electron chi connectivity index (χ4n) is 0.365. The summed E-state index contributed by atoms with van der Waals surface area (Å²) < 4.78 is 28.0. The Bertz CT molecular complexity index is 136. The van der Waals surface area contributed by atoms with E-state index in [0.29, 0.717) is 6.42 Å². The quantitative estimate of drug-likeness (QED) is 0.603. The highest BCUT2D eigenvalue weighted by atomic mass is 31.2. The smallest absolute Gasteiger partial charge is 0.305 e. The van der Waals surface area contributed by atoms with Crippen molar-refractivity contribution in [2.45, 2.75) is 32.9 Å². The van der Waals surface area contributed by atoms with E-state index in [0.717, 1.165) is 0 Å². The van der Waals surface area contributed by atoms with Gasteiger partial charge in [0.1, 0.15) is 0 Å². The van der Waals surface area contributed by atoms with Crippen molar-refractivity contribution < 1.29 is 13.3 Å². The van der Waals surface area contributed by atoms with Crippen molar-refractivity contribution >= 4 is 7.68 Å². The minimum absolute atomic E-state index is 0.242. The predicted molar refractivity (Wildman–Crippen MR) is 40.1 cm³/mol. The van der Waals surface area contributed by atoms with Crippen LogP contribution in [-0.2, 0) is 9.09 Å². The average Bonchev–Trinajstić information content (AvgIpc) is 1.84. The van der Waals surface area contributed by atoms with Crippen LogP contribution in [0.5, 0.6) is 0 Å². The fraction of sp³-hybridized carbons (Fsp3) is 1.00. The third-order valence-electron chi connectivity index (χ3n) is 1.09. The van der Waals surface area contributed by atoms with Gasteiger partial charge < -0.3 is 4.52 Å². The molecule has 4 heteroatoms. The summed E-state index contributed by atoms with van der Waals surface area (Å²) in [6.45, 7) is 5.19. The molecule has 0 spiro atoms. The Morgan fingerprint density at radius 2 is 2.10 bits per heavy atom. The number of hydrogen-bond acceptors (Lipinski definition) is 2. The summed E-state index contributed by atoms with van der Waals surface area (Å²) in [7, 11) is -3.78. The lowest BCUT2D eigenvalue weighted by molar-refractivity contribution is 0.281. The van der Waals surface area contributed by atoms with Gasteiger partial charge in [-0.05, 0) is 6.42 Å². The fourth-order valence-corrected chi connectivity index (χ4v) is 1.09. The van der Waals surface area contributed by atoms with Crippen LogP contribution in [0, 0.1) is 0 Å². The maximum atomic E-state index is 12.7. The topological polar surface area (TPSA) is 26.3 Å². The van der Waals surface area contributed by atoms with E-state index in [-0.39, 0.29) is 6.61 Å². The van der Waals surface area contributed by atoms with Gasteiger partial charge in [-0.25, -0.2) is 0 Å². The second-order valence-electron chi connectivity index (χ2n) is 2.45. The van der Waals surface area contributed by atoms with Crippen LogP contribution in [0.25, 0.3) is 0 Å². The molecule has 0 N–H and O–H groups in total. The summed E-state index contributed by atoms with van der Waals surface area (Å²) in [5, 5.41) is 0. The molecule has 1 unspecified atom stereocenters. The Hall–Kier alpha value is 0.120. The summed E-state index contributed by atoms with van der Waals surface area (Å²) in [5.41, 5.74) is -0.515. The highest BCUT2D eigenvalue weighted by Crippen LogP contribution is 2.53. The zero-order valence-electron chi connectivity index (χ0n) is 6.63. The van der Waals surface area contributed by atoms with Gasteiger partial charge in [-0.2, -0.15) is 4.20 Å². The molecule has 62 valence electrons. The third-order valence-corrected chi connectivity index (χ3v) is 2.86. The van der Waals surface area contributed by atoms with Gasteiger partial charge in [0.25, 0.3) is 0 Å². The van der Waals surface area contributed by atoms with Crippen molar-refractivity contribution in [3.8, 4) is 0 Å². The molecule has 0 aliphatic rings. The molecular weight excluding hydrogens is 154 g/mol. The molecule has 0 radical (unpaired) electrons. The lowest BCUT2D eigenvalue weighted by Crippen LogP contribution is -1.98. The Kier molecular flexibility index (Phi) is 4.14. The van der Waals surface area contributed by atoms with Crippen molar-refractivity contribution in [1.82, 2.24) is 0 Å². The molecule has 0 aromatic heterocycles. The third kappa shape index (κ3) is 3.33. The first-order chi connectivity index (χ1) is 4.50. The van der Waals surface area contributed by atoms with Crippen LogP contribution in [0.1, 0.15) is 27.2 Å². The van der Waals surface area contributed by atoms with Crippen molar-refractivity contribution in [3.05, 3.63) is 0 Å². The van der Waals surface area contributed by atoms with Crippen LogP contribution in [0.15, 0.2) is 0 Å². The van der Waals surface area contributed by atoms with Gasteiger partial charge >= 0.3 is 7.68 Å². The van der Waals surface area contributed by atoms with Crippen molar-refractivity contribution in [2.75, 3.05) is 6.61 Å². The molecule has 1 atom stereocenters. The van der Waals surface area contributed by atoms with Crippen LogP contribution >= 0.6 is 7.68 Å². The minimum Gasteiger partial charge on any atom is -0.305 e. The first kappa shape index (κ1) is 10.1. The van der Waals surface area contributed by atoms with E-state index < -0.39 is 13.3 Å². The zero-order chi connectivity index (χ0) is 8.20.